The molecule has 2 aromatic carbocycles. The van der Waals surface area contributed by atoms with Crippen LogP contribution in [0.1, 0.15) is 22.0 Å². The molecule has 4 nitrogen and oxygen atoms in total. The van der Waals surface area contributed by atoms with Crippen molar-refractivity contribution in [1.82, 2.24) is 10.6 Å². The molecular weight excluding hydrogens is 328 g/mol. The van der Waals surface area contributed by atoms with Gasteiger partial charge in [-0.05, 0) is 29.8 Å². The zero-order valence-electron chi connectivity index (χ0n) is 12.4. The fourth-order valence-electron chi connectivity index (χ4n) is 2.04. The lowest BCUT2D eigenvalue weighted by molar-refractivity contribution is -0.122. The second-order valence-corrected chi connectivity index (χ2v) is 4.85. The van der Waals surface area contributed by atoms with Crippen molar-refractivity contribution in [3.63, 3.8) is 0 Å². The Morgan fingerprint density at radius 3 is 2.08 bits per heavy atom. The van der Waals surface area contributed by atoms with E-state index in [4.69, 9.17) is 0 Å². The SMILES string of the molecule is CNC(=O)[C@@H](NC(=O)c1cc(F)cc(F)c1)c1ccc(F)c(F)c1. The summed E-state index contributed by atoms with van der Waals surface area (Å²) in [6, 6.07) is 3.45. The minimum absolute atomic E-state index is 0.0292. The molecule has 0 aliphatic carbocycles. The van der Waals surface area contributed by atoms with Gasteiger partial charge in [0.1, 0.15) is 17.7 Å². The summed E-state index contributed by atoms with van der Waals surface area (Å²) in [6.45, 7) is 0. The molecule has 1 atom stereocenters. The molecule has 0 unspecified atom stereocenters. The number of benzene rings is 2. The zero-order chi connectivity index (χ0) is 17.9. The van der Waals surface area contributed by atoms with Gasteiger partial charge >= 0.3 is 0 Å². The van der Waals surface area contributed by atoms with Gasteiger partial charge in [-0.3, -0.25) is 9.59 Å². The lowest BCUT2D eigenvalue weighted by atomic mass is 10.0. The highest BCUT2D eigenvalue weighted by molar-refractivity contribution is 5.97. The molecule has 2 N–H and O–H groups in total. The van der Waals surface area contributed by atoms with Gasteiger partial charge < -0.3 is 10.6 Å². The Morgan fingerprint density at radius 1 is 0.917 bits per heavy atom. The molecule has 24 heavy (non-hydrogen) atoms. The number of likely N-dealkylation sites (N-methyl/N-ethyl adjacent to an activating group) is 1. The van der Waals surface area contributed by atoms with Gasteiger partial charge in [0.05, 0.1) is 0 Å². The maximum Gasteiger partial charge on any atom is 0.252 e. The van der Waals surface area contributed by atoms with Crippen molar-refractivity contribution < 1.29 is 27.2 Å². The second-order valence-electron chi connectivity index (χ2n) is 4.85. The van der Waals surface area contributed by atoms with E-state index in [9.17, 15) is 27.2 Å². The molecule has 2 rings (SSSR count). The molecule has 0 aromatic heterocycles. The van der Waals surface area contributed by atoms with Crippen molar-refractivity contribution in [2.75, 3.05) is 7.05 Å². The fraction of sp³-hybridized carbons (Fsp3) is 0.125. The van der Waals surface area contributed by atoms with Crippen LogP contribution in [0.15, 0.2) is 36.4 Å². The first-order valence-corrected chi connectivity index (χ1v) is 6.75. The smallest absolute Gasteiger partial charge is 0.252 e. The van der Waals surface area contributed by atoms with Crippen LogP contribution in [0, 0.1) is 23.3 Å². The van der Waals surface area contributed by atoms with Crippen LogP contribution in [0.3, 0.4) is 0 Å². The first-order chi connectivity index (χ1) is 11.3. The van der Waals surface area contributed by atoms with Crippen molar-refractivity contribution in [2.24, 2.45) is 0 Å². The van der Waals surface area contributed by atoms with Gasteiger partial charge in [0.25, 0.3) is 5.91 Å². The zero-order valence-corrected chi connectivity index (χ0v) is 12.4. The predicted octanol–water partition coefficient (Wildman–Crippen LogP) is 2.46. The number of carbonyl (C=O) groups is 2. The highest BCUT2D eigenvalue weighted by atomic mass is 19.2. The molecule has 0 aliphatic rings. The van der Waals surface area contributed by atoms with Gasteiger partial charge in [0.15, 0.2) is 11.6 Å². The third-order valence-electron chi connectivity index (χ3n) is 3.19. The van der Waals surface area contributed by atoms with Crippen LogP contribution in [0.25, 0.3) is 0 Å². The van der Waals surface area contributed by atoms with E-state index in [1.807, 2.05) is 0 Å². The Balaban J connectivity index is 2.33. The number of carbonyl (C=O) groups excluding carboxylic acids is 2. The van der Waals surface area contributed by atoms with E-state index in [2.05, 4.69) is 10.6 Å². The molecule has 0 saturated heterocycles. The summed E-state index contributed by atoms with van der Waals surface area (Å²) >= 11 is 0. The van der Waals surface area contributed by atoms with Crippen LogP contribution in [0.4, 0.5) is 17.6 Å². The molecule has 0 aliphatic heterocycles. The van der Waals surface area contributed by atoms with Crippen molar-refractivity contribution in [2.45, 2.75) is 6.04 Å². The van der Waals surface area contributed by atoms with E-state index >= 15 is 0 Å². The number of amides is 2. The van der Waals surface area contributed by atoms with Gasteiger partial charge in [-0.2, -0.15) is 0 Å². The first kappa shape index (κ1) is 17.5. The van der Waals surface area contributed by atoms with Gasteiger partial charge in [-0.15, -0.1) is 0 Å². The number of nitrogens with one attached hydrogen (secondary N) is 2. The average Bonchev–Trinajstić information content (AvgIpc) is 2.53. The van der Waals surface area contributed by atoms with E-state index < -0.39 is 41.1 Å². The van der Waals surface area contributed by atoms with Gasteiger partial charge in [-0.1, -0.05) is 6.07 Å². The molecule has 0 bridgehead atoms. The predicted molar refractivity (Wildman–Crippen MR) is 77.0 cm³/mol. The summed E-state index contributed by atoms with van der Waals surface area (Å²) in [5.41, 5.74) is -0.387. The summed E-state index contributed by atoms with van der Waals surface area (Å²) in [6.07, 6.45) is 0. The third-order valence-corrected chi connectivity index (χ3v) is 3.19. The molecule has 0 heterocycles. The Morgan fingerprint density at radius 2 is 1.54 bits per heavy atom. The minimum atomic E-state index is -1.37. The normalized spacial score (nSPS) is 11.7. The van der Waals surface area contributed by atoms with Crippen molar-refractivity contribution >= 4 is 11.8 Å². The Labute approximate surface area is 134 Å². The highest BCUT2D eigenvalue weighted by Crippen LogP contribution is 2.18. The van der Waals surface area contributed by atoms with Crippen LogP contribution in [-0.4, -0.2) is 18.9 Å². The summed E-state index contributed by atoms with van der Waals surface area (Å²) in [5.74, 6) is -5.92. The molecule has 2 aromatic rings. The van der Waals surface area contributed by atoms with Crippen molar-refractivity contribution in [1.29, 1.82) is 0 Å². The summed E-state index contributed by atoms with van der Waals surface area (Å²) in [5, 5.41) is 4.49. The average molecular weight is 340 g/mol. The molecule has 0 fully saturated rings. The number of halogens is 4. The number of hydrogen-bond acceptors (Lipinski definition) is 2. The molecule has 2 amide bonds. The molecule has 8 heteroatoms. The molecule has 0 radical (unpaired) electrons. The first-order valence-electron chi connectivity index (χ1n) is 6.75. The lowest BCUT2D eigenvalue weighted by Crippen LogP contribution is -2.39. The van der Waals surface area contributed by atoms with Gasteiger partial charge in [-0.25, -0.2) is 17.6 Å². The minimum Gasteiger partial charge on any atom is -0.357 e. The van der Waals surface area contributed by atoms with Crippen LogP contribution in [0.5, 0.6) is 0 Å². The van der Waals surface area contributed by atoms with Gasteiger partial charge in [0.2, 0.25) is 5.91 Å². The highest BCUT2D eigenvalue weighted by Gasteiger charge is 2.24. The Kier molecular flexibility index (Phi) is 5.18. The molecule has 0 saturated carbocycles. The van der Waals surface area contributed by atoms with E-state index in [-0.39, 0.29) is 11.1 Å². The Bertz CT molecular complexity index is 775. The van der Waals surface area contributed by atoms with Crippen molar-refractivity contribution in [3.05, 3.63) is 70.8 Å². The fourth-order valence-corrected chi connectivity index (χ4v) is 2.04. The topological polar surface area (TPSA) is 58.2 Å². The second kappa shape index (κ2) is 7.12. The van der Waals surface area contributed by atoms with Gasteiger partial charge in [0, 0.05) is 18.7 Å². The lowest BCUT2D eigenvalue weighted by Gasteiger charge is -2.18. The summed E-state index contributed by atoms with van der Waals surface area (Å²) in [4.78, 5) is 24.0. The standard InChI is InChI=1S/C16H12F4N2O2/c1-21-16(24)14(8-2-3-12(19)13(20)6-8)22-15(23)9-4-10(17)7-11(18)5-9/h2-7,14H,1H3,(H,21,24)(H,22,23)/t14-/m0/s1. The van der Waals surface area contributed by atoms with E-state index in [0.29, 0.717) is 6.07 Å². The molecule has 0 spiro atoms. The maximum atomic E-state index is 13.4. The number of hydrogen-bond donors (Lipinski definition) is 2. The number of rotatable bonds is 4. The monoisotopic (exact) mass is 340 g/mol. The van der Waals surface area contributed by atoms with Crippen molar-refractivity contribution in [3.8, 4) is 0 Å². The van der Waals surface area contributed by atoms with E-state index in [1.165, 1.54) is 7.05 Å². The van der Waals surface area contributed by atoms with Crippen LogP contribution in [-0.2, 0) is 4.79 Å². The van der Waals surface area contributed by atoms with E-state index in [1.54, 1.807) is 0 Å². The summed E-state index contributed by atoms with van der Waals surface area (Å²) < 4.78 is 52.7. The van der Waals surface area contributed by atoms with Crippen LogP contribution >= 0.6 is 0 Å². The maximum absolute atomic E-state index is 13.4. The van der Waals surface area contributed by atoms with Crippen LogP contribution < -0.4 is 10.6 Å². The molecular formula is C16H12F4N2O2. The third kappa shape index (κ3) is 3.89. The molecule has 126 valence electrons. The Hall–Kier alpha value is -2.90. The van der Waals surface area contributed by atoms with E-state index in [0.717, 1.165) is 30.3 Å². The van der Waals surface area contributed by atoms with Crippen LogP contribution in [0.2, 0.25) is 0 Å². The largest absolute Gasteiger partial charge is 0.357 e. The quantitative estimate of drug-likeness (QED) is 0.840. The summed E-state index contributed by atoms with van der Waals surface area (Å²) in [7, 11) is 1.28.